The van der Waals surface area contributed by atoms with Gasteiger partial charge in [0.15, 0.2) is 22.8 Å². The second-order valence-electron chi connectivity index (χ2n) is 5.14. The Morgan fingerprint density at radius 3 is 2.77 bits per heavy atom. The van der Waals surface area contributed by atoms with Crippen LogP contribution < -0.4 is 10.1 Å². The Morgan fingerprint density at radius 1 is 1.35 bits per heavy atom. The second kappa shape index (κ2) is 8.96. The Balaban J connectivity index is 1.93. The molecule has 0 saturated heterocycles. The molecule has 0 aliphatic heterocycles. The largest absolute Gasteiger partial charge is 0.494 e. The Bertz CT molecular complexity index is 842. The highest BCUT2D eigenvalue weighted by Gasteiger charge is 2.17. The van der Waals surface area contributed by atoms with Gasteiger partial charge in [0.05, 0.1) is 12.8 Å². The molecular weight excluding hydrogens is 363 g/mol. The number of rotatable bonds is 6. The number of ether oxygens (including phenoxy) is 2. The number of benzene rings is 1. The Kier molecular flexibility index (Phi) is 6.68. The van der Waals surface area contributed by atoms with Gasteiger partial charge >= 0.3 is 5.97 Å². The van der Waals surface area contributed by atoms with Crippen molar-refractivity contribution in [2.24, 2.45) is 0 Å². The van der Waals surface area contributed by atoms with Gasteiger partial charge in [-0.1, -0.05) is 17.7 Å². The highest BCUT2D eigenvalue weighted by Crippen LogP contribution is 2.19. The van der Waals surface area contributed by atoms with Crippen molar-refractivity contribution in [3.8, 4) is 5.75 Å². The first-order chi connectivity index (χ1) is 12.4. The normalized spacial score (nSPS) is 11.8. The minimum absolute atomic E-state index is 0.101. The lowest BCUT2D eigenvalue weighted by Gasteiger charge is -2.12. The van der Waals surface area contributed by atoms with E-state index in [1.807, 2.05) is 0 Å². The Labute approximate surface area is 154 Å². The average Bonchev–Trinajstić information content (AvgIpc) is 2.62. The number of amides is 1. The summed E-state index contributed by atoms with van der Waals surface area (Å²) < 4.78 is 23.4. The summed E-state index contributed by atoms with van der Waals surface area (Å²) in [5.74, 6) is -1.76. The SMILES string of the molecule is COc1ccc(/C=C/C(=O)O[C@@H](C)C(=O)Nc2cccnc2Cl)cc1F. The maximum absolute atomic E-state index is 13.6. The van der Waals surface area contributed by atoms with Crippen molar-refractivity contribution in [3.63, 3.8) is 0 Å². The molecule has 0 unspecified atom stereocenters. The smallest absolute Gasteiger partial charge is 0.331 e. The summed E-state index contributed by atoms with van der Waals surface area (Å²) in [6.07, 6.45) is 2.89. The lowest BCUT2D eigenvalue weighted by Crippen LogP contribution is -2.29. The van der Waals surface area contributed by atoms with Crippen LogP contribution in [-0.4, -0.2) is 30.1 Å². The van der Waals surface area contributed by atoms with Gasteiger partial charge in [-0.3, -0.25) is 4.79 Å². The Morgan fingerprint density at radius 2 is 2.12 bits per heavy atom. The van der Waals surface area contributed by atoms with Crippen LogP contribution in [0.2, 0.25) is 5.15 Å². The number of nitrogens with one attached hydrogen (secondary N) is 1. The van der Waals surface area contributed by atoms with Gasteiger partial charge in [0.2, 0.25) is 0 Å². The van der Waals surface area contributed by atoms with Gasteiger partial charge in [-0.25, -0.2) is 14.2 Å². The van der Waals surface area contributed by atoms with E-state index in [1.165, 1.54) is 38.4 Å². The third-order valence-electron chi connectivity index (χ3n) is 3.27. The molecule has 0 saturated carbocycles. The number of esters is 1. The van der Waals surface area contributed by atoms with Crippen molar-refractivity contribution < 1.29 is 23.5 Å². The van der Waals surface area contributed by atoms with Crippen LogP contribution in [0.5, 0.6) is 5.75 Å². The average molecular weight is 379 g/mol. The number of hydrogen-bond donors (Lipinski definition) is 1. The summed E-state index contributed by atoms with van der Waals surface area (Å²) in [5, 5.41) is 2.64. The fourth-order valence-corrected chi connectivity index (χ4v) is 2.10. The van der Waals surface area contributed by atoms with Crippen molar-refractivity contribution in [3.05, 3.63) is 59.1 Å². The molecule has 2 rings (SSSR count). The Hall–Kier alpha value is -2.93. The number of methoxy groups -OCH3 is 1. The predicted molar refractivity (Wildman–Crippen MR) is 95.4 cm³/mol. The molecule has 1 amide bonds. The summed E-state index contributed by atoms with van der Waals surface area (Å²) >= 11 is 5.85. The first-order valence-corrected chi connectivity index (χ1v) is 7.92. The monoisotopic (exact) mass is 378 g/mol. The van der Waals surface area contributed by atoms with Crippen LogP contribution in [0.3, 0.4) is 0 Å². The molecule has 1 N–H and O–H groups in total. The van der Waals surface area contributed by atoms with E-state index >= 15 is 0 Å². The van der Waals surface area contributed by atoms with Crippen LogP contribution in [0.25, 0.3) is 6.08 Å². The zero-order valence-electron chi connectivity index (χ0n) is 14.0. The van der Waals surface area contributed by atoms with Crippen LogP contribution in [0.1, 0.15) is 12.5 Å². The summed E-state index contributed by atoms with van der Waals surface area (Å²) in [6, 6.07) is 7.40. The summed E-state index contributed by atoms with van der Waals surface area (Å²) in [5.41, 5.74) is 0.755. The minimum atomic E-state index is -1.06. The summed E-state index contributed by atoms with van der Waals surface area (Å²) in [4.78, 5) is 27.7. The maximum atomic E-state index is 13.6. The highest BCUT2D eigenvalue weighted by atomic mass is 35.5. The van der Waals surface area contributed by atoms with Gasteiger partial charge in [-0.2, -0.15) is 0 Å². The molecule has 6 nitrogen and oxygen atoms in total. The zero-order chi connectivity index (χ0) is 19.1. The standard InChI is InChI=1S/C18H16ClFN2O4/c1-11(18(24)22-14-4-3-9-21-17(14)19)26-16(23)8-6-12-5-7-15(25-2)13(20)10-12/h3-11H,1-2H3,(H,22,24)/b8-6+/t11-/m0/s1. The van der Waals surface area contributed by atoms with E-state index in [0.29, 0.717) is 11.3 Å². The molecule has 2 aromatic rings. The molecule has 1 aromatic carbocycles. The maximum Gasteiger partial charge on any atom is 0.331 e. The van der Waals surface area contributed by atoms with E-state index in [1.54, 1.807) is 18.2 Å². The van der Waals surface area contributed by atoms with Crippen LogP contribution >= 0.6 is 11.6 Å². The van der Waals surface area contributed by atoms with Gasteiger partial charge in [-0.05, 0) is 42.8 Å². The lowest BCUT2D eigenvalue weighted by molar-refractivity contribution is -0.148. The van der Waals surface area contributed by atoms with Gasteiger partial charge in [0, 0.05) is 12.3 Å². The first kappa shape index (κ1) is 19.4. The molecule has 1 heterocycles. The van der Waals surface area contributed by atoms with E-state index in [0.717, 1.165) is 6.08 Å². The molecular formula is C18H16ClFN2O4. The van der Waals surface area contributed by atoms with Crippen LogP contribution in [0.4, 0.5) is 10.1 Å². The zero-order valence-corrected chi connectivity index (χ0v) is 14.8. The topological polar surface area (TPSA) is 77.5 Å². The van der Waals surface area contributed by atoms with Crippen molar-refractivity contribution >= 4 is 35.2 Å². The van der Waals surface area contributed by atoms with Crippen LogP contribution in [0.15, 0.2) is 42.6 Å². The summed E-state index contributed by atoms with van der Waals surface area (Å²) in [6.45, 7) is 1.42. The number of carbonyl (C=O) groups excluding carboxylic acids is 2. The molecule has 136 valence electrons. The van der Waals surface area contributed by atoms with E-state index in [4.69, 9.17) is 21.1 Å². The molecule has 1 atom stereocenters. The molecule has 0 aliphatic carbocycles. The lowest BCUT2D eigenvalue weighted by atomic mass is 10.2. The number of aromatic nitrogens is 1. The van der Waals surface area contributed by atoms with E-state index in [-0.39, 0.29) is 10.9 Å². The molecule has 0 aliphatic rings. The molecule has 0 radical (unpaired) electrons. The number of nitrogens with zero attached hydrogens (tertiary/aromatic N) is 1. The first-order valence-electron chi connectivity index (χ1n) is 7.54. The third kappa shape index (κ3) is 5.29. The highest BCUT2D eigenvalue weighted by molar-refractivity contribution is 6.32. The molecule has 8 heteroatoms. The van der Waals surface area contributed by atoms with Gasteiger partial charge in [0.25, 0.3) is 5.91 Å². The summed E-state index contributed by atoms with van der Waals surface area (Å²) in [7, 11) is 1.36. The van der Waals surface area contributed by atoms with E-state index in [2.05, 4.69) is 10.3 Å². The van der Waals surface area contributed by atoms with E-state index in [9.17, 15) is 14.0 Å². The number of anilines is 1. The van der Waals surface area contributed by atoms with Crippen molar-refractivity contribution in [2.75, 3.05) is 12.4 Å². The van der Waals surface area contributed by atoms with Crippen molar-refractivity contribution in [1.82, 2.24) is 4.98 Å². The quantitative estimate of drug-likeness (QED) is 0.473. The molecule has 1 aromatic heterocycles. The van der Waals surface area contributed by atoms with Crippen LogP contribution in [-0.2, 0) is 14.3 Å². The number of hydrogen-bond acceptors (Lipinski definition) is 5. The van der Waals surface area contributed by atoms with Gasteiger partial charge < -0.3 is 14.8 Å². The fourth-order valence-electron chi connectivity index (χ4n) is 1.93. The van der Waals surface area contributed by atoms with Crippen molar-refractivity contribution in [1.29, 1.82) is 0 Å². The second-order valence-corrected chi connectivity index (χ2v) is 5.50. The molecule has 0 spiro atoms. The van der Waals surface area contributed by atoms with Crippen molar-refractivity contribution in [2.45, 2.75) is 13.0 Å². The van der Waals surface area contributed by atoms with E-state index < -0.39 is 23.8 Å². The predicted octanol–water partition coefficient (Wildman–Crippen LogP) is 3.47. The number of halogens is 2. The van der Waals surface area contributed by atoms with Gasteiger partial charge in [-0.15, -0.1) is 0 Å². The fraction of sp³-hybridized carbons (Fsp3) is 0.167. The number of carbonyl (C=O) groups is 2. The molecule has 0 fully saturated rings. The molecule has 0 bridgehead atoms. The van der Waals surface area contributed by atoms with Gasteiger partial charge in [0.1, 0.15) is 0 Å². The third-order valence-corrected chi connectivity index (χ3v) is 3.57. The molecule has 26 heavy (non-hydrogen) atoms. The number of pyridine rings is 1. The minimum Gasteiger partial charge on any atom is -0.494 e. The van der Waals surface area contributed by atoms with Crippen LogP contribution in [0, 0.1) is 5.82 Å².